The first-order valence-electron chi connectivity index (χ1n) is 5.33. The van der Waals surface area contributed by atoms with Crippen LogP contribution in [-0.2, 0) is 9.84 Å². The van der Waals surface area contributed by atoms with E-state index in [1.165, 1.54) is 0 Å². The second-order valence-electron chi connectivity index (χ2n) is 3.80. The van der Waals surface area contributed by atoms with E-state index in [4.69, 9.17) is 5.73 Å². The summed E-state index contributed by atoms with van der Waals surface area (Å²) < 4.78 is 51.1. The molecule has 17 heavy (non-hydrogen) atoms. The maximum Gasteiger partial charge on any atom is 0.187 e. The first-order chi connectivity index (χ1) is 7.84. The van der Waals surface area contributed by atoms with Crippen LogP contribution in [0.3, 0.4) is 0 Å². The van der Waals surface area contributed by atoms with E-state index in [2.05, 4.69) is 0 Å². The van der Waals surface area contributed by atoms with E-state index >= 15 is 0 Å². The van der Waals surface area contributed by atoms with Gasteiger partial charge in [0.05, 0.1) is 5.25 Å². The van der Waals surface area contributed by atoms with Crippen molar-refractivity contribution in [2.75, 3.05) is 5.73 Å². The average Bonchev–Trinajstić information content (AvgIpc) is 2.16. The zero-order chi connectivity index (χ0) is 13.2. The third-order valence-corrected chi connectivity index (χ3v) is 5.16. The average molecular weight is 263 g/mol. The van der Waals surface area contributed by atoms with Crippen molar-refractivity contribution in [1.29, 1.82) is 0 Å². The van der Waals surface area contributed by atoms with Gasteiger partial charge in [0.2, 0.25) is 0 Å². The second-order valence-corrected chi connectivity index (χ2v) is 5.96. The SMILES string of the molecule is CCC(CC)S(=O)(=O)c1c(F)cc(N)cc1F. The molecule has 2 N–H and O–H groups in total. The first-order valence-corrected chi connectivity index (χ1v) is 6.87. The van der Waals surface area contributed by atoms with Crippen LogP contribution >= 0.6 is 0 Å². The second kappa shape index (κ2) is 5.00. The van der Waals surface area contributed by atoms with Gasteiger partial charge in [0.15, 0.2) is 9.84 Å². The number of rotatable bonds is 4. The van der Waals surface area contributed by atoms with Crippen LogP contribution in [0.1, 0.15) is 26.7 Å². The van der Waals surface area contributed by atoms with Gasteiger partial charge >= 0.3 is 0 Å². The summed E-state index contributed by atoms with van der Waals surface area (Å²) in [4.78, 5) is -0.875. The number of benzene rings is 1. The number of nitrogen functional groups attached to an aromatic ring is 1. The lowest BCUT2D eigenvalue weighted by atomic mass is 10.3. The molecule has 0 saturated heterocycles. The number of halogens is 2. The highest BCUT2D eigenvalue weighted by Crippen LogP contribution is 2.27. The Morgan fingerprint density at radius 1 is 1.18 bits per heavy atom. The molecule has 0 bridgehead atoms. The van der Waals surface area contributed by atoms with Crippen molar-refractivity contribution in [3.8, 4) is 0 Å². The highest BCUT2D eigenvalue weighted by Gasteiger charge is 2.30. The molecule has 1 aromatic carbocycles. The Morgan fingerprint density at radius 2 is 1.59 bits per heavy atom. The highest BCUT2D eigenvalue weighted by molar-refractivity contribution is 7.92. The van der Waals surface area contributed by atoms with Gasteiger partial charge in [-0.3, -0.25) is 0 Å². The standard InChI is InChI=1S/C11H15F2NO2S/c1-3-8(4-2)17(15,16)11-9(12)5-7(14)6-10(11)13/h5-6,8H,3-4,14H2,1-2H3. The number of hydrogen-bond donors (Lipinski definition) is 1. The van der Waals surface area contributed by atoms with Gasteiger partial charge in [0.1, 0.15) is 16.5 Å². The van der Waals surface area contributed by atoms with Gasteiger partial charge in [-0.25, -0.2) is 17.2 Å². The van der Waals surface area contributed by atoms with Gasteiger partial charge in [-0.15, -0.1) is 0 Å². The van der Waals surface area contributed by atoms with Gasteiger partial charge in [0.25, 0.3) is 0 Å². The van der Waals surface area contributed by atoms with Crippen molar-refractivity contribution in [3.05, 3.63) is 23.8 Å². The number of nitrogens with two attached hydrogens (primary N) is 1. The molecule has 0 heterocycles. The molecule has 1 rings (SSSR count). The molecule has 3 nitrogen and oxygen atoms in total. The van der Waals surface area contributed by atoms with Gasteiger partial charge in [0, 0.05) is 5.69 Å². The normalized spacial score (nSPS) is 12.1. The minimum absolute atomic E-state index is 0.136. The molecule has 96 valence electrons. The fraction of sp³-hybridized carbons (Fsp3) is 0.455. The molecule has 0 aliphatic carbocycles. The van der Waals surface area contributed by atoms with E-state index in [0.29, 0.717) is 12.8 Å². The first kappa shape index (κ1) is 13.9. The van der Waals surface area contributed by atoms with Crippen LogP contribution in [0.25, 0.3) is 0 Å². The predicted octanol–water partition coefficient (Wildman–Crippen LogP) is 2.51. The third kappa shape index (κ3) is 2.57. The van der Waals surface area contributed by atoms with Gasteiger partial charge in [-0.2, -0.15) is 0 Å². The Kier molecular flexibility index (Phi) is 4.08. The van der Waals surface area contributed by atoms with Crippen LogP contribution in [-0.4, -0.2) is 13.7 Å². The molecule has 0 aliphatic rings. The molecule has 0 spiro atoms. The van der Waals surface area contributed by atoms with Crippen molar-refractivity contribution in [2.45, 2.75) is 36.8 Å². The minimum Gasteiger partial charge on any atom is -0.399 e. The Bertz CT molecular complexity index is 487. The molecule has 0 amide bonds. The molecule has 0 aliphatic heterocycles. The van der Waals surface area contributed by atoms with Crippen molar-refractivity contribution in [3.63, 3.8) is 0 Å². The fourth-order valence-electron chi connectivity index (χ4n) is 1.75. The summed E-state index contributed by atoms with van der Waals surface area (Å²) in [7, 11) is -3.98. The van der Waals surface area contributed by atoms with E-state index in [1.807, 2.05) is 0 Å². The predicted molar refractivity (Wildman–Crippen MR) is 62.3 cm³/mol. The van der Waals surface area contributed by atoms with Crippen molar-refractivity contribution in [2.24, 2.45) is 0 Å². The van der Waals surface area contributed by atoms with Gasteiger partial charge < -0.3 is 5.73 Å². The molecule has 0 saturated carbocycles. The Hall–Kier alpha value is -1.17. The van der Waals surface area contributed by atoms with E-state index in [9.17, 15) is 17.2 Å². The zero-order valence-corrected chi connectivity index (χ0v) is 10.5. The van der Waals surface area contributed by atoms with E-state index in [-0.39, 0.29) is 5.69 Å². The molecule has 0 unspecified atom stereocenters. The Morgan fingerprint density at radius 3 is 1.94 bits per heavy atom. The third-order valence-electron chi connectivity index (χ3n) is 2.65. The lowest BCUT2D eigenvalue weighted by Crippen LogP contribution is -2.22. The van der Waals surface area contributed by atoms with Crippen LogP contribution in [0.15, 0.2) is 17.0 Å². The summed E-state index contributed by atoms with van der Waals surface area (Å²) >= 11 is 0. The minimum atomic E-state index is -3.98. The maximum atomic E-state index is 13.5. The van der Waals surface area contributed by atoms with Crippen molar-refractivity contribution in [1.82, 2.24) is 0 Å². The molecule has 6 heteroatoms. The van der Waals surface area contributed by atoms with Crippen LogP contribution in [0.2, 0.25) is 0 Å². The van der Waals surface area contributed by atoms with Gasteiger partial charge in [-0.05, 0) is 25.0 Å². The molecular formula is C11H15F2NO2S. The molecule has 1 aromatic rings. The summed E-state index contributed by atoms with van der Waals surface area (Å²) in [6, 6.07) is 1.64. The van der Waals surface area contributed by atoms with E-state index in [1.54, 1.807) is 13.8 Å². The summed E-state index contributed by atoms with van der Waals surface area (Å²) in [5.41, 5.74) is 5.10. The maximum absolute atomic E-state index is 13.5. The lowest BCUT2D eigenvalue weighted by Gasteiger charge is -2.15. The van der Waals surface area contributed by atoms with Gasteiger partial charge in [-0.1, -0.05) is 13.8 Å². The fourth-order valence-corrected chi connectivity index (χ4v) is 3.62. The van der Waals surface area contributed by atoms with Crippen LogP contribution < -0.4 is 5.73 Å². The molecule has 0 atom stereocenters. The summed E-state index contributed by atoms with van der Waals surface area (Å²) in [5, 5.41) is -0.782. The molecule has 0 fully saturated rings. The largest absolute Gasteiger partial charge is 0.399 e. The number of hydrogen-bond acceptors (Lipinski definition) is 3. The van der Waals surface area contributed by atoms with Crippen LogP contribution in [0.5, 0.6) is 0 Å². The lowest BCUT2D eigenvalue weighted by molar-refractivity contribution is 0.511. The molecule has 0 radical (unpaired) electrons. The monoisotopic (exact) mass is 263 g/mol. The quantitative estimate of drug-likeness (QED) is 0.849. The Labute approximate surface area is 99.6 Å². The van der Waals surface area contributed by atoms with E-state index < -0.39 is 31.6 Å². The highest BCUT2D eigenvalue weighted by atomic mass is 32.2. The smallest absolute Gasteiger partial charge is 0.187 e. The summed E-state index contributed by atoms with van der Waals surface area (Å²) in [6.07, 6.45) is 0.615. The van der Waals surface area contributed by atoms with Crippen LogP contribution in [0.4, 0.5) is 14.5 Å². The topological polar surface area (TPSA) is 60.2 Å². The van der Waals surface area contributed by atoms with Crippen LogP contribution in [0, 0.1) is 11.6 Å². The summed E-state index contributed by atoms with van der Waals surface area (Å²) in [5.74, 6) is -2.26. The van der Waals surface area contributed by atoms with E-state index in [0.717, 1.165) is 12.1 Å². The number of anilines is 1. The Balaban J connectivity index is 3.44. The van der Waals surface area contributed by atoms with Crippen molar-refractivity contribution >= 4 is 15.5 Å². The summed E-state index contributed by atoms with van der Waals surface area (Å²) in [6.45, 7) is 3.33. The zero-order valence-electron chi connectivity index (χ0n) is 9.70. The molecular weight excluding hydrogens is 248 g/mol. The van der Waals surface area contributed by atoms with Crippen molar-refractivity contribution < 1.29 is 17.2 Å². The molecule has 0 aromatic heterocycles. The number of sulfone groups is 1.